The lowest BCUT2D eigenvalue weighted by Gasteiger charge is -2.00. The molecule has 0 saturated heterocycles. The van der Waals surface area contributed by atoms with Gasteiger partial charge >= 0.3 is 5.97 Å². The number of aliphatic carboxylic acids is 1. The summed E-state index contributed by atoms with van der Waals surface area (Å²) in [6.45, 7) is 0. The highest BCUT2D eigenvalue weighted by Gasteiger charge is 2.07. The minimum absolute atomic E-state index is 0.366. The van der Waals surface area contributed by atoms with E-state index in [2.05, 4.69) is 4.99 Å². The predicted octanol–water partition coefficient (Wildman–Crippen LogP) is 0.730. The maximum atomic E-state index is 10.2. The molecule has 0 radical (unpaired) electrons. The van der Waals surface area contributed by atoms with E-state index in [1.165, 1.54) is 24.1 Å². The fourth-order valence-corrected chi connectivity index (χ4v) is 1.03. The van der Waals surface area contributed by atoms with Crippen LogP contribution in [-0.2, 0) is 4.79 Å². The van der Waals surface area contributed by atoms with Crippen molar-refractivity contribution in [1.82, 2.24) is 0 Å². The standard InChI is InChI=1S/C5H5NO2S/c7-5(8)4-1-2-6-3-9-4/h1-2H,3H2,(H,7,8). The monoisotopic (exact) mass is 143 g/mol. The topological polar surface area (TPSA) is 49.7 Å². The van der Waals surface area contributed by atoms with Gasteiger partial charge in [0.05, 0.1) is 10.8 Å². The lowest BCUT2D eigenvalue weighted by molar-refractivity contribution is -0.131. The predicted molar refractivity (Wildman–Crippen MR) is 36.7 cm³/mol. The van der Waals surface area contributed by atoms with Gasteiger partial charge in [-0.3, -0.25) is 4.99 Å². The second kappa shape index (κ2) is 2.68. The molecule has 0 unspecified atom stereocenters. The average molecular weight is 143 g/mol. The molecular weight excluding hydrogens is 138 g/mol. The number of carboxylic acid groups (broad SMARTS) is 1. The molecular formula is C5H5NO2S. The van der Waals surface area contributed by atoms with Crippen LogP contribution in [0.2, 0.25) is 0 Å². The van der Waals surface area contributed by atoms with E-state index in [1.54, 1.807) is 0 Å². The number of carboxylic acids is 1. The summed E-state index contributed by atoms with van der Waals surface area (Å²) in [6.07, 6.45) is 3.01. The van der Waals surface area contributed by atoms with Crippen molar-refractivity contribution in [3.63, 3.8) is 0 Å². The fraction of sp³-hybridized carbons (Fsp3) is 0.200. The third kappa shape index (κ3) is 1.57. The van der Waals surface area contributed by atoms with Crippen LogP contribution in [0.1, 0.15) is 0 Å². The minimum atomic E-state index is -0.869. The molecule has 0 bridgehead atoms. The summed E-state index contributed by atoms with van der Waals surface area (Å²) in [5.74, 6) is -0.343. The van der Waals surface area contributed by atoms with Crippen molar-refractivity contribution < 1.29 is 9.90 Å². The molecule has 1 rings (SSSR count). The third-order valence-electron chi connectivity index (χ3n) is 0.837. The van der Waals surface area contributed by atoms with E-state index in [9.17, 15) is 4.79 Å². The molecule has 4 heteroatoms. The van der Waals surface area contributed by atoms with Crippen molar-refractivity contribution in [2.45, 2.75) is 0 Å². The van der Waals surface area contributed by atoms with Gasteiger partial charge in [0.15, 0.2) is 0 Å². The maximum absolute atomic E-state index is 10.2. The quantitative estimate of drug-likeness (QED) is 0.588. The average Bonchev–Trinajstić information content (AvgIpc) is 1.90. The van der Waals surface area contributed by atoms with E-state index in [0.717, 1.165) is 0 Å². The van der Waals surface area contributed by atoms with Gasteiger partial charge in [0.25, 0.3) is 0 Å². The normalized spacial score (nSPS) is 17.1. The van der Waals surface area contributed by atoms with Crippen LogP contribution in [-0.4, -0.2) is 23.2 Å². The second-order valence-electron chi connectivity index (χ2n) is 1.44. The molecule has 1 aliphatic heterocycles. The highest BCUT2D eigenvalue weighted by Crippen LogP contribution is 2.17. The van der Waals surface area contributed by atoms with Gasteiger partial charge in [-0.05, 0) is 6.08 Å². The smallest absolute Gasteiger partial charge is 0.342 e. The van der Waals surface area contributed by atoms with E-state index >= 15 is 0 Å². The number of hydrogen-bond acceptors (Lipinski definition) is 3. The molecule has 0 fully saturated rings. The Labute approximate surface area is 56.5 Å². The van der Waals surface area contributed by atoms with Crippen LogP contribution in [0.15, 0.2) is 16.0 Å². The molecule has 3 nitrogen and oxygen atoms in total. The Kier molecular flexibility index (Phi) is 1.89. The van der Waals surface area contributed by atoms with Gasteiger partial charge < -0.3 is 5.11 Å². The van der Waals surface area contributed by atoms with Crippen molar-refractivity contribution >= 4 is 23.9 Å². The molecule has 1 aliphatic rings. The molecule has 0 aromatic carbocycles. The molecule has 1 N–H and O–H groups in total. The summed E-state index contributed by atoms with van der Waals surface area (Å²) in [6, 6.07) is 0. The van der Waals surface area contributed by atoms with Crippen molar-refractivity contribution in [1.29, 1.82) is 0 Å². The summed E-state index contributed by atoms with van der Waals surface area (Å²) < 4.78 is 0. The van der Waals surface area contributed by atoms with E-state index in [1.807, 2.05) is 0 Å². The number of nitrogens with zero attached hydrogens (tertiary/aromatic N) is 1. The van der Waals surface area contributed by atoms with Gasteiger partial charge in [0.1, 0.15) is 0 Å². The SMILES string of the molecule is O=C(O)C1=CC=NCS1. The first-order valence-corrected chi connectivity index (χ1v) is 3.35. The summed E-state index contributed by atoms with van der Waals surface area (Å²) in [7, 11) is 0. The zero-order valence-electron chi connectivity index (χ0n) is 4.57. The fourth-order valence-electron chi connectivity index (χ4n) is 0.451. The maximum Gasteiger partial charge on any atom is 0.342 e. The summed E-state index contributed by atoms with van der Waals surface area (Å²) in [5.41, 5.74) is 0. The Balaban J connectivity index is 2.68. The van der Waals surface area contributed by atoms with Crippen LogP contribution in [0.5, 0.6) is 0 Å². The Morgan fingerprint density at radius 1 is 1.89 bits per heavy atom. The number of aliphatic imine (C=N–C) groups is 1. The number of carbonyl (C=O) groups is 1. The van der Waals surface area contributed by atoms with E-state index in [4.69, 9.17) is 5.11 Å². The van der Waals surface area contributed by atoms with Crippen LogP contribution in [0.25, 0.3) is 0 Å². The molecule has 48 valence electrons. The number of hydrogen-bond donors (Lipinski definition) is 1. The van der Waals surface area contributed by atoms with Gasteiger partial charge in [0, 0.05) is 6.21 Å². The first kappa shape index (κ1) is 6.35. The highest BCUT2D eigenvalue weighted by atomic mass is 32.2. The van der Waals surface area contributed by atoms with Gasteiger partial charge in [0.2, 0.25) is 0 Å². The molecule has 0 aliphatic carbocycles. The molecule has 0 aromatic heterocycles. The van der Waals surface area contributed by atoms with Crippen LogP contribution in [0.3, 0.4) is 0 Å². The zero-order valence-corrected chi connectivity index (χ0v) is 5.39. The number of rotatable bonds is 1. The summed E-state index contributed by atoms with van der Waals surface area (Å²) in [5, 5.41) is 8.39. The van der Waals surface area contributed by atoms with Crippen LogP contribution >= 0.6 is 11.8 Å². The molecule has 0 aromatic rings. The van der Waals surface area contributed by atoms with Crippen LogP contribution in [0.4, 0.5) is 0 Å². The second-order valence-corrected chi connectivity index (χ2v) is 2.43. The van der Waals surface area contributed by atoms with Crippen molar-refractivity contribution in [2.24, 2.45) is 4.99 Å². The van der Waals surface area contributed by atoms with Gasteiger partial charge in [-0.1, -0.05) is 11.8 Å². The Hall–Kier alpha value is -0.770. The lowest BCUT2D eigenvalue weighted by atomic mass is 10.5. The van der Waals surface area contributed by atoms with Crippen LogP contribution in [0, 0.1) is 0 Å². The van der Waals surface area contributed by atoms with Crippen molar-refractivity contribution in [2.75, 3.05) is 5.88 Å². The van der Waals surface area contributed by atoms with Crippen molar-refractivity contribution in [3.8, 4) is 0 Å². The number of thioether (sulfide) groups is 1. The Bertz CT molecular complexity index is 185. The zero-order chi connectivity index (χ0) is 6.69. The molecule has 0 saturated carbocycles. The van der Waals surface area contributed by atoms with Gasteiger partial charge in [-0.15, -0.1) is 0 Å². The van der Waals surface area contributed by atoms with Gasteiger partial charge in [-0.2, -0.15) is 0 Å². The van der Waals surface area contributed by atoms with Crippen LogP contribution < -0.4 is 0 Å². The molecule has 0 amide bonds. The Morgan fingerprint density at radius 2 is 2.67 bits per heavy atom. The first-order chi connectivity index (χ1) is 4.30. The third-order valence-corrected chi connectivity index (χ3v) is 1.74. The summed E-state index contributed by atoms with van der Waals surface area (Å²) in [4.78, 5) is 14.4. The molecule has 0 spiro atoms. The largest absolute Gasteiger partial charge is 0.477 e. The van der Waals surface area contributed by atoms with E-state index < -0.39 is 5.97 Å². The lowest BCUT2D eigenvalue weighted by Crippen LogP contribution is -1.99. The summed E-state index contributed by atoms with van der Waals surface area (Å²) >= 11 is 1.23. The van der Waals surface area contributed by atoms with E-state index in [0.29, 0.717) is 10.8 Å². The molecule has 1 heterocycles. The first-order valence-electron chi connectivity index (χ1n) is 2.37. The number of allylic oxidation sites excluding steroid dienone is 1. The highest BCUT2D eigenvalue weighted by molar-refractivity contribution is 8.04. The van der Waals surface area contributed by atoms with E-state index in [-0.39, 0.29) is 0 Å². The minimum Gasteiger partial charge on any atom is -0.477 e. The Morgan fingerprint density at radius 3 is 3.00 bits per heavy atom. The van der Waals surface area contributed by atoms with Crippen molar-refractivity contribution in [3.05, 3.63) is 11.0 Å². The molecule has 0 atom stereocenters. The molecule has 9 heavy (non-hydrogen) atoms. The van der Waals surface area contributed by atoms with Gasteiger partial charge in [-0.25, -0.2) is 4.79 Å².